The molecule has 0 aromatic rings. The molecule has 0 aromatic carbocycles. The second-order valence-corrected chi connectivity index (χ2v) is 3.03. The van der Waals surface area contributed by atoms with E-state index in [9.17, 15) is 4.79 Å². The van der Waals surface area contributed by atoms with Crippen molar-refractivity contribution in [2.45, 2.75) is 19.8 Å². The van der Waals surface area contributed by atoms with Crippen molar-refractivity contribution in [3.05, 3.63) is 12.7 Å². The molecule has 0 heterocycles. The van der Waals surface area contributed by atoms with Gasteiger partial charge in [-0.15, -0.1) is 0 Å². The van der Waals surface area contributed by atoms with E-state index in [1.807, 2.05) is 7.05 Å². The monoisotopic (exact) mass is 185 g/mol. The summed E-state index contributed by atoms with van der Waals surface area (Å²) in [5, 5.41) is 0. The third kappa shape index (κ3) is 7.53. The first kappa shape index (κ1) is 12.2. The predicted octanol–water partition coefficient (Wildman–Crippen LogP) is 1.45. The molecule has 0 atom stereocenters. The van der Waals surface area contributed by atoms with Crippen LogP contribution in [0, 0.1) is 0 Å². The Bertz CT molecular complexity index is 157. The molecule has 0 radical (unpaired) electrons. The van der Waals surface area contributed by atoms with Crippen LogP contribution in [-0.2, 0) is 9.53 Å². The molecule has 0 rings (SSSR count). The third-order valence-corrected chi connectivity index (χ3v) is 1.78. The van der Waals surface area contributed by atoms with E-state index in [-0.39, 0.29) is 5.97 Å². The Morgan fingerprint density at radius 2 is 2.23 bits per heavy atom. The van der Waals surface area contributed by atoms with Crippen LogP contribution in [0.25, 0.3) is 0 Å². The van der Waals surface area contributed by atoms with Gasteiger partial charge in [0.1, 0.15) is 6.61 Å². The molecule has 0 fully saturated rings. The van der Waals surface area contributed by atoms with Gasteiger partial charge in [0.25, 0.3) is 0 Å². The molecule has 0 saturated heterocycles. The maximum absolute atomic E-state index is 10.6. The van der Waals surface area contributed by atoms with Crippen molar-refractivity contribution in [1.29, 1.82) is 0 Å². The van der Waals surface area contributed by atoms with Crippen LogP contribution < -0.4 is 0 Å². The summed E-state index contributed by atoms with van der Waals surface area (Å²) >= 11 is 0. The molecular formula is C10H19NO2. The molecular weight excluding hydrogens is 166 g/mol. The summed E-state index contributed by atoms with van der Waals surface area (Å²) in [6.45, 7) is 7.78. The number of carbonyl (C=O) groups excluding carboxylic acids is 1. The summed E-state index contributed by atoms with van der Waals surface area (Å²) < 4.78 is 4.84. The lowest BCUT2D eigenvalue weighted by Gasteiger charge is -2.15. The number of esters is 1. The van der Waals surface area contributed by atoms with Gasteiger partial charge >= 0.3 is 5.97 Å². The van der Waals surface area contributed by atoms with Crippen molar-refractivity contribution in [1.82, 2.24) is 4.90 Å². The summed E-state index contributed by atoms with van der Waals surface area (Å²) in [6.07, 6.45) is 3.56. The number of unbranched alkanes of at least 4 members (excludes halogenated alkanes) is 1. The molecule has 0 aliphatic rings. The fraction of sp³-hybridized carbons (Fsp3) is 0.700. The van der Waals surface area contributed by atoms with Gasteiger partial charge in [0, 0.05) is 12.6 Å². The molecule has 0 unspecified atom stereocenters. The summed E-state index contributed by atoms with van der Waals surface area (Å²) in [5.74, 6) is -0.344. The molecule has 0 spiro atoms. The minimum Gasteiger partial charge on any atom is -0.461 e. The highest BCUT2D eigenvalue weighted by molar-refractivity contribution is 5.81. The number of hydrogen-bond donors (Lipinski definition) is 0. The molecule has 76 valence electrons. The van der Waals surface area contributed by atoms with Gasteiger partial charge in [0.05, 0.1) is 0 Å². The lowest BCUT2D eigenvalue weighted by Crippen LogP contribution is -2.25. The summed E-state index contributed by atoms with van der Waals surface area (Å²) in [6, 6.07) is 0. The van der Waals surface area contributed by atoms with Gasteiger partial charge in [-0.25, -0.2) is 4.79 Å². The molecule has 0 saturated carbocycles. The normalized spacial score (nSPS) is 10.1. The second kappa shape index (κ2) is 7.80. The molecule has 3 nitrogen and oxygen atoms in total. The number of ether oxygens (including phenoxy) is 1. The van der Waals surface area contributed by atoms with Crippen LogP contribution in [0.1, 0.15) is 19.8 Å². The molecule has 0 amide bonds. The Balaban J connectivity index is 3.30. The Morgan fingerprint density at radius 1 is 1.54 bits per heavy atom. The van der Waals surface area contributed by atoms with E-state index in [2.05, 4.69) is 18.4 Å². The van der Waals surface area contributed by atoms with E-state index >= 15 is 0 Å². The van der Waals surface area contributed by atoms with Gasteiger partial charge in [0.15, 0.2) is 0 Å². The minimum atomic E-state index is -0.344. The van der Waals surface area contributed by atoms with E-state index in [1.54, 1.807) is 0 Å². The first-order valence-electron chi connectivity index (χ1n) is 4.68. The third-order valence-electron chi connectivity index (χ3n) is 1.78. The molecule has 0 aliphatic carbocycles. The quantitative estimate of drug-likeness (QED) is 0.444. The lowest BCUT2D eigenvalue weighted by molar-refractivity contribution is -0.138. The van der Waals surface area contributed by atoms with Gasteiger partial charge in [-0.05, 0) is 20.0 Å². The average Bonchev–Trinajstić information content (AvgIpc) is 2.14. The predicted molar refractivity (Wildman–Crippen MR) is 53.6 cm³/mol. The van der Waals surface area contributed by atoms with Crippen LogP contribution in [0.2, 0.25) is 0 Å². The highest BCUT2D eigenvalue weighted by atomic mass is 16.5. The van der Waals surface area contributed by atoms with Crippen LogP contribution in [0.4, 0.5) is 0 Å². The minimum absolute atomic E-state index is 0.344. The summed E-state index contributed by atoms with van der Waals surface area (Å²) in [4.78, 5) is 12.8. The van der Waals surface area contributed by atoms with Gasteiger partial charge in [-0.1, -0.05) is 19.9 Å². The smallest absolute Gasteiger partial charge is 0.330 e. The maximum Gasteiger partial charge on any atom is 0.330 e. The Kier molecular flexibility index (Phi) is 7.30. The summed E-state index contributed by atoms with van der Waals surface area (Å²) in [7, 11) is 2.03. The molecule has 0 aromatic heterocycles. The number of likely N-dealkylation sites (N-methyl/N-ethyl adjacent to an activating group) is 1. The number of nitrogens with zero attached hydrogens (tertiary/aromatic N) is 1. The number of carbonyl (C=O) groups is 1. The number of hydrogen-bond acceptors (Lipinski definition) is 3. The van der Waals surface area contributed by atoms with Gasteiger partial charge in [0.2, 0.25) is 0 Å². The Morgan fingerprint density at radius 3 is 2.77 bits per heavy atom. The van der Waals surface area contributed by atoms with E-state index < -0.39 is 0 Å². The fourth-order valence-electron chi connectivity index (χ4n) is 0.901. The maximum atomic E-state index is 10.6. The topological polar surface area (TPSA) is 29.5 Å². The molecule has 0 bridgehead atoms. The second-order valence-electron chi connectivity index (χ2n) is 3.03. The van der Waals surface area contributed by atoms with E-state index in [4.69, 9.17) is 4.74 Å². The van der Waals surface area contributed by atoms with Crippen LogP contribution in [0.5, 0.6) is 0 Å². The van der Waals surface area contributed by atoms with Crippen molar-refractivity contribution >= 4 is 5.97 Å². The zero-order chi connectivity index (χ0) is 10.1. The Labute approximate surface area is 80.4 Å². The average molecular weight is 185 g/mol. The van der Waals surface area contributed by atoms with Gasteiger partial charge < -0.3 is 9.64 Å². The van der Waals surface area contributed by atoms with Crippen LogP contribution in [0.3, 0.4) is 0 Å². The van der Waals surface area contributed by atoms with Crippen LogP contribution >= 0.6 is 0 Å². The van der Waals surface area contributed by atoms with E-state index in [0.717, 1.165) is 13.1 Å². The number of rotatable bonds is 7. The van der Waals surface area contributed by atoms with Crippen molar-refractivity contribution in [2.24, 2.45) is 0 Å². The van der Waals surface area contributed by atoms with Gasteiger partial charge in [-0.2, -0.15) is 0 Å². The van der Waals surface area contributed by atoms with Crippen molar-refractivity contribution in [3.63, 3.8) is 0 Å². The first-order chi connectivity index (χ1) is 6.20. The first-order valence-corrected chi connectivity index (χ1v) is 4.68. The Hall–Kier alpha value is -0.830. The highest BCUT2D eigenvalue weighted by Gasteiger charge is 1.99. The summed E-state index contributed by atoms with van der Waals surface area (Å²) in [5.41, 5.74) is 0. The zero-order valence-corrected chi connectivity index (χ0v) is 8.58. The fourth-order valence-corrected chi connectivity index (χ4v) is 0.901. The molecule has 3 heteroatoms. The van der Waals surface area contributed by atoms with E-state index in [0.29, 0.717) is 6.61 Å². The molecule has 13 heavy (non-hydrogen) atoms. The van der Waals surface area contributed by atoms with Crippen molar-refractivity contribution in [3.8, 4) is 0 Å². The molecule has 0 N–H and O–H groups in total. The van der Waals surface area contributed by atoms with Gasteiger partial charge in [-0.3, -0.25) is 0 Å². The van der Waals surface area contributed by atoms with Crippen LogP contribution in [-0.4, -0.2) is 37.6 Å². The largest absolute Gasteiger partial charge is 0.461 e. The highest BCUT2D eigenvalue weighted by Crippen LogP contribution is 1.91. The SMILES string of the molecule is C=CC(=O)OCCN(C)CCCC. The van der Waals surface area contributed by atoms with E-state index in [1.165, 1.54) is 18.9 Å². The zero-order valence-electron chi connectivity index (χ0n) is 8.58. The standard InChI is InChI=1S/C10H19NO2/c1-4-6-7-11(3)8-9-13-10(12)5-2/h5H,2,4,6-9H2,1,3H3. The van der Waals surface area contributed by atoms with Crippen molar-refractivity contribution < 1.29 is 9.53 Å². The molecule has 0 aliphatic heterocycles. The lowest BCUT2D eigenvalue weighted by atomic mass is 10.3. The van der Waals surface area contributed by atoms with Crippen LogP contribution in [0.15, 0.2) is 12.7 Å². The van der Waals surface area contributed by atoms with Crippen molar-refractivity contribution in [2.75, 3.05) is 26.7 Å².